The molecule has 1 aliphatic rings. The first-order chi connectivity index (χ1) is 12.4. The summed E-state index contributed by atoms with van der Waals surface area (Å²) in [7, 11) is 0. The highest BCUT2D eigenvalue weighted by molar-refractivity contribution is 5.76. The molecule has 0 aliphatic carbocycles. The van der Waals surface area contributed by atoms with Crippen LogP contribution in [-0.2, 0) is 11.3 Å². The zero-order valence-electron chi connectivity index (χ0n) is 15.3. The fourth-order valence-electron chi connectivity index (χ4n) is 2.92. The van der Waals surface area contributed by atoms with Crippen molar-refractivity contribution in [1.82, 2.24) is 24.6 Å². The summed E-state index contributed by atoms with van der Waals surface area (Å²) >= 11 is 0. The molecule has 0 aromatic carbocycles. The maximum absolute atomic E-state index is 12.6. The summed E-state index contributed by atoms with van der Waals surface area (Å²) in [4.78, 5) is 30.8. The number of ether oxygens (including phenoxy) is 1. The number of nitrogens with zero attached hydrogens (tertiary/aromatic N) is 5. The van der Waals surface area contributed by atoms with E-state index in [0.717, 1.165) is 18.5 Å². The predicted molar refractivity (Wildman–Crippen MR) is 95.0 cm³/mol. The number of hydrogen-bond donors (Lipinski definition) is 0. The molecular weight excluding hydrogens is 334 g/mol. The van der Waals surface area contributed by atoms with Gasteiger partial charge < -0.3 is 9.64 Å². The lowest BCUT2D eigenvalue weighted by molar-refractivity contribution is -0.134. The molecule has 0 radical (unpaired) electrons. The molecule has 2 aromatic heterocycles. The smallest absolute Gasteiger partial charge is 0.256 e. The maximum atomic E-state index is 12.6. The van der Waals surface area contributed by atoms with Crippen molar-refractivity contribution in [2.45, 2.75) is 46.3 Å². The number of piperidine rings is 1. The maximum Gasteiger partial charge on any atom is 0.256 e. The van der Waals surface area contributed by atoms with Gasteiger partial charge in [-0.3, -0.25) is 14.2 Å². The molecule has 1 aliphatic heterocycles. The summed E-state index contributed by atoms with van der Waals surface area (Å²) in [5.41, 5.74) is 1.90. The number of aryl methyl sites for hydroxylation is 2. The fraction of sp³-hybridized carbons (Fsp3) is 0.500. The Hall–Kier alpha value is -2.77. The van der Waals surface area contributed by atoms with E-state index in [1.54, 1.807) is 24.8 Å². The number of carbonyl (C=O) groups excluding carboxylic acids is 1. The van der Waals surface area contributed by atoms with Crippen LogP contribution in [0.2, 0.25) is 0 Å². The Balaban J connectivity index is 1.63. The van der Waals surface area contributed by atoms with E-state index >= 15 is 0 Å². The van der Waals surface area contributed by atoms with Gasteiger partial charge in [-0.2, -0.15) is 5.10 Å². The molecule has 8 nitrogen and oxygen atoms in total. The number of carbonyl (C=O) groups is 1. The van der Waals surface area contributed by atoms with Crippen LogP contribution in [0.15, 0.2) is 23.3 Å². The Bertz CT molecular complexity index is 847. The molecule has 0 bridgehead atoms. The molecule has 1 unspecified atom stereocenters. The largest absolute Gasteiger partial charge is 0.471 e. The molecule has 1 saturated heterocycles. The van der Waals surface area contributed by atoms with Crippen molar-refractivity contribution in [3.05, 3.63) is 45.8 Å². The van der Waals surface area contributed by atoms with Crippen molar-refractivity contribution in [2.75, 3.05) is 13.1 Å². The van der Waals surface area contributed by atoms with E-state index in [1.165, 1.54) is 10.9 Å². The fourth-order valence-corrected chi connectivity index (χ4v) is 2.92. The Morgan fingerprint density at radius 2 is 2.08 bits per heavy atom. The zero-order chi connectivity index (χ0) is 18.7. The average molecular weight is 357 g/mol. The lowest BCUT2D eigenvalue weighted by Crippen LogP contribution is -2.46. The number of amides is 1. The summed E-state index contributed by atoms with van der Waals surface area (Å²) in [5, 5.41) is 7.99. The first-order valence-corrected chi connectivity index (χ1v) is 8.71. The van der Waals surface area contributed by atoms with Crippen molar-refractivity contribution < 1.29 is 9.53 Å². The van der Waals surface area contributed by atoms with E-state index in [1.807, 2.05) is 13.0 Å². The molecule has 3 rings (SSSR count). The van der Waals surface area contributed by atoms with Gasteiger partial charge in [0.1, 0.15) is 12.6 Å². The highest BCUT2D eigenvalue weighted by Gasteiger charge is 2.25. The lowest BCUT2D eigenvalue weighted by Gasteiger charge is -2.32. The van der Waals surface area contributed by atoms with Crippen LogP contribution in [0.3, 0.4) is 0 Å². The summed E-state index contributed by atoms with van der Waals surface area (Å²) in [5.74, 6) is 0.352. The highest BCUT2D eigenvalue weighted by Crippen LogP contribution is 2.16. The second kappa shape index (κ2) is 7.63. The molecule has 8 heteroatoms. The minimum atomic E-state index is -0.175. The zero-order valence-corrected chi connectivity index (χ0v) is 15.3. The SMILES string of the molecule is Cc1ccc(OC2CCCN(C(=O)Cn3cnc(C)c(C)c3=O)C2)nn1. The third kappa shape index (κ3) is 4.07. The van der Waals surface area contributed by atoms with Gasteiger partial charge >= 0.3 is 0 Å². The molecule has 1 fully saturated rings. The van der Waals surface area contributed by atoms with E-state index in [-0.39, 0.29) is 24.1 Å². The predicted octanol–water partition coefficient (Wildman–Crippen LogP) is 1.03. The van der Waals surface area contributed by atoms with Gasteiger partial charge in [-0.15, -0.1) is 5.10 Å². The van der Waals surface area contributed by atoms with Gasteiger partial charge in [0.05, 0.1) is 18.6 Å². The second-order valence-corrected chi connectivity index (χ2v) is 6.62. The lowest BCUT2D eigenvalue weighted by atomic mass is 10.1. The van der Waals surface area contributed by atoms with Gasteiger partial charge in [0, 0.05) is 23.9 Å². The standard InChI is InChI=1S/C18H23N5O3/c1-12-6-7-16(21-20-12)26-15-5-4-8-22(9-15)17(24)10-23-11-19-14(3)13(2)18(23)25/h6-7,11,15H,4-5,8-10H2,1-3H3. The normalized spacial score (nSPS) is 17.2. The van der Waals surface area contributed by atoms with Gasteiger partial charge in [-0.05, 0) is 39.7 Å². The number of aromatic nitrogens is 4. The third-order valence-corrected chi connectivity index (χ3v) is 4.61. The Labute approximate surface area is 151 Å². The number of rotatable bonds is 4. The van der Waals surface area contributed by atoms with Crippen LogP contribution in [0, 0.1) is 20.8 Å². The first-order valence-electron chi connectivity index (χ1n) is 8.71. The summed E-state index contributed by atoms with van der Waals surface area (Å²) in [6.45, 7) is 6.49. The van der Waals surface area contributed by atoms with Crippen LogP contribution >= 0.6 is 0 Å². The van der Waals surface area contributed by atoms with Gasteiger partial charge in [-0.25, -0.2) is 4.98 Å². The van der Waals surface area contributed by atoms with Crippen molar-refractivity contribution in [3.8, 4) is 5.88 Å². The topological polar surface area (TPSA) is 90.2 Å². The second-order valence-electron chi connectivity index (χ2n) is 6.62. The minimum Gasteiger partial charge on any atom is -0.471 e. The minimum absolute atomic E-state index is 0.00991. The van der Waals surface area contributed by atoms with Gasteiger partial charge in [0.2, 0.25) is 11.8 Å². The van der Waals surface area contributed by atoms with E-state index in [4.69, 9.17) is 4.74 Å². The third-order valence-electron chi connectivity index (χ3n) is 4.61. The molecule has 1 amide bonds. The van der Waals surface area contributed by atoms with Crippen LogP contribution in [-0.4, -0.2) is 49.7 Å². The average Bonchev–Trinajstić information content (AvgIpc) is 2.64. The molecule has 26 heavy (non-hydrogen) atoms. The van der Waals surface area contributed by atoms with Crippen LogP contribution in [0.1, 0.15) is 29.8 Å². The van der Waals surface area contributed by atoms with E-state index < -0.39 is 0 Å². The van der Waals surface area contributed by atoms with Gasteiger partial charge in [-0.1, -0.05) is 0 Å². The summed E-state index contributed by atoms with van der Waals surface area (Å²) in [6, 6.07) is 3.62. The van der Waals surface area contributed by atoms with Crippen molar-refractivity contribution in [1.29, 1.82) is 0 Å². The van der Waals surface area contributed by atoms with Crippen molar-refractivity contribution in [2.24, 2.45) is 0 Å². The number of likely N-dealkylation sites (tertiary alicyclic amines) is 1. The molecule has 0 saturated carbocycles. The van der Waals surface area contributed by atoms with Crippen LogP contribution in [0.4, 0.5) is 0 Å². The number of hydrogen-bond acceptors (Lipinski definition) is 6. The molecule has 2 aromatic rings. The molecule has 0 N–H and O–H groups in total. The quantitative estimate of drug-likeness (QED) is 0.812. The van der Waals surface area contributed by atoms with Gasteiger partial charge in [0.25, 0.3) is 5.56 Å². The Morgan fingerprint density at radius 3 is 2.81 bits per heavy atom. The summed E-state index contributed by atoms with van der Waals surface area (Å²) < 4.78 is 7.21. The van der Waals surface area contributed by atoms with Crippen LogP contribution in [0.5, 0.6) is 5.88 Å². The van der Waals surface area contributed by atoms with Crippen molar-refractivity contribution in [3.63, 3.8) is 0 Å². The molecule has 138 valence electrons. The Morgan fingerprint density at radius 1 is 1.27 bits per heavy atom. The van der Waals surface area contributed by atoms with Gasteiger partial charge in [0.15, 0.2) is 0 Å². The van der Waals surface area contributed by atoms with Crippen LogP contribution in [0.25, 0.3) is 0 Å². The molecular formula is C18H23N5O3. The monoisotopic (exact) mass is 357 g/mol. The molecule has 0 spiro atoms. The van der Waals surface area contributed by atoms with E-state index in [0.29, 0.717) is 30.2 Å². The van der Waals surface area contributed by atoms with Crippen LogP contribution < -0.4 is 10.3 Å². The van der Waals surface area contributed by atoms with Crippen molar-refractivity contribution >= 4 is 5.91 Å². The summed E-state index contributed by atoms with van der Waals surface area (Å²) in [6.07, 6.45) is 3.00. The van der Waals surface area contributed by atoms with E-state index in [9.17, 15) is 9.59 Å². The Kier molecular flexibility index (Phi) is 5.29. The highest BCUT2D eigenvalue weighted by atomic mass is 16.5. The molecule has 1 atom stereocenters. The molecule has 3 heterocycles. The van der Waals surface area contributed by atoms with E-state index in [2.05, 4.69) is 15.2 Å². The first kappa shape index (κ1) is 18.0.